The molecule has 0 heterocycles. The largest absolute Gasteiger partial charge is 0.317 e. The average molecular weight is 269 g/mol. The van der Waals surface area contributed by atoms with Gasteiger partial charge in [0.25, 0.3) is 0 Å². The molecular weight excluding hydrogens is 244 g/mol. The van der Waals surface area contributed by atoms with Gasteiger partial charge in [-0.3, -0.25) is 0 Å². The molecule has 1 nitrogen and oxygen atoms in total. The highest BCUT2D eigenvalue weighted by molar-refractivity contribution is 5.19. The van der Waals surface area contributed by atoms with Gasteiger partial charge in [0, 0.05) is 6.04 Å². The summed E-state index contributed by atoms with van der Waals surface area (Å²) >= 11 is 0. The zero-order chi connectivity index (χ0) is 14.6. The van der Waals surface area contributed by atoms with Crippen molar-refractivity contribution in [2.45, 2.75) is 46.6 Å². The minimum atomic E-state index is -0.380. The maximum Gasteiger partial charge on any atom is 0.126 e. The summed E-state index contributed by atoms with van der Waals surface area (Å²) < 4.78 is 26.8. The molecule has 0 spiro atoms. The second-order valence-corrected chi connectivity index (χ2v) is 6.43. The minimum Gasteiger partial charge on any atom is -0.317 e. The van der Waals surface area contributed by atoms with Crippen molar-refractivity contribution in [2.75, 3.05) is 7.05 Å². The number of halogens is 2. The van der Waals surface area contributed by atoms with Crippen LogP contribution >= 0.6 is 0 Å². The van der Waals surface area contributed by atoms with Crippen molar-refractivity contribution in [3.63, 3.8) is 0 Å². The molecule has 3 heteroatoms. The normalized spacial score (nSPS) is 15.3. The third-order valence-electron chi connectivity index (χ3n) is 4.00. The van der Waals surface area contributed by atoms with Gasteiger partial charge in [0.1, 0.15) is 11.6 Å². The van der Waals surface area contributed by atoms with Crippen LogP contribution in [-0.4, -0.2) is 13.1 Å². The zero-order valence-electron chi connectivity index (χ0n) is 12.6. The second-order valence-electron chi connectivity index (χ2n) is 6.43. The van der Waals surface area contributed by atoms with E-state index in [9.17, 15) is 8.78 Å². The Morgan fingerprint density at radius 1 is 1.21 bits per heavy atom. The van der Waals surface area contributed by atoms with E-state index in [0.717, 1.165) is 12.5 Å². The maximum absolute atomic E-state index is 13.6. The van der Waals surface area contributed by atoms with Crippen LogP contribution in [0.3, 0.4) is 0 Å². The average Bonchev–Trinajstić information content (AvgIpc) is 2.31. The summed E-state index contributed by atoms with van der Waals surface area (Å²) in [6.07, 6.45) is 1.45. The minimum absolute atomic E-state index is 0.158. The third-order valence-corrected chi connectivity index (χ3v) is 4.00. The van der Waals surface area contributed by atoms with Crippen molar-refractivity contribution < 1.29 is 8.78 Å². The van der Waals surface area contributed by atoms with Gasteiger partial charge in [-0.1, -0.05) is 27.7 Å². The quantitative estimate of drug-likeness (QED) is 0.846. The van der Waals surface area contributed by atoms with E-state index in [4.69, 9.17) is 0 Å². The Morgan fingerprint density at radius 3 is 2.37 bits per heavy atom. The fourth-order valence-corrected chi connectivity index (χ4v) is 2.05. The number of rotatable bonds is 5. The summed E-state index contributed by atoms with van der Waals surface area (Å²) in [6.45, 7) is 8.81. The van der Waals surface area contributed by atoms with E-state index in [1.54, 1.807) is 0 Å². The summed E-state index contributed by atoms with van der Waals surface area (Å²) in [7, 11) is 1.87. The summed E-state index contributed by atoms with van der Waals surface area (Å²) in [5.41, 5.74) is 0.663. The predicted molar refractivity (Wildman–Crippen MR) is 76.1 cm³/mol. The number of hydrogen-bond acceptors (Lipinski definition) is 1. The van der Waals surface area contributed by atoms with Gasteiger partial charge in [-0.05, 0) is 55.0 Å². The molecule has 0 aliphatic rings. The SMILES string of the molecule is CNC(Cc1cc(F)ccc1F)CC(C)C(C)(C)C. The van der Waals surface area contributed by atoms with E-state index in [-0.39, 0.29) is 23.1 Å². The lowest BCUT2D eigenvalue weighted by Crippen LogP contribution is -2.33. The molecular formula is C16H25F2N. The number of hydrogen-bond donors (Lipinski definition) is 1. The number of benzene rings is 1. The van der Waals surface area contributed by atoms with Crippen molar-refractivity contribution in [1.82, 2.24) is 5.32 Å². The van der Waals surface area contributed by atoms with E-state index in [0.29, 0.717) is 17.9 Å². The Labute approximate surface area is 115 Å². The number of nitrogens with one attached hydrogen (secondary N) is 1. The van der Waals surface area contributed by atoms with Crippen molar-refractivity contribution in [1.29, 1.82) is 0 Å². The van der Waals surface area contributed by atoms with Gasteiger partial charge >= 0.3 is 0 Å². The molecule has 19 heavy (non-hydrogen) atoms. The standard InChI is InChI=1S/C16H25F2N/c1-11(16(2,3)4)8-14(19-5)10-12-9-13(17)6-7-15(12)18/h6-7,9,11,14,19H,8,10H2,1-5H3. The highest BCUT2D eigenvalue weighted by Gasteiger charge is 2.23. The first-order chi connectivity index (χ1) is 8.74. The summed E-state index contributed by atoms with van der Waals surface area (Å²) in [6, 6.07) is 3.81. The number of likely N-dealkylation sites (N-methyl/N-ethyl adjacent to an activating group) is 1. The molecule has 0 saturated heterocycles. The highest BCUT2D eigenvalue weighted by atomic mass is 19.1. The summed E-state index contributed by atoms with van der Waals surface area (Å²) in [4.78, 5) is 0. The Morgan fingerprint density at radius 2 is 1.84 bits per heavy atom. The smallest absolute Gasteiger partial charge is 0.126 e. The molecule has 2 unspecified atom stereocenters. The van der Waals surface area contributed by atoms with Crippen LogP contribution in [0.5, 0.6) is 0 Å². The summed E-state index contributed by atoms with van der Waals surface area (Å²) in [5, 5.41) is 3.21. The fraction of sp³-hybridized carbons (Fsp3) is 0.625. The first kappa shape index (κ1) is 16.1. The van der Waals surface area contributed by atoms with Crippen LogP contribution in [-0.2, 0) is 6.42 Å². The molecule has 1 aromatic carbocycles. The Bertz CT molecular complexity index is 410. The van der Waals surface area contributed by atoms with Gasteiger partial charge in [0.2, 0.25) is 0 Å². The molecule has 0 bridgehead atoms. The molecule has 0 saturated carbocycles. The fourth-order valence-electron chi connectivity index (χ4n) is 2.05. The Hall–Kier alpha value is -0.960. The lowest BCUT2D eigenvalue weighted by Gasteiger charge is -2.30. The van der Waals surface area contributed by atoms with Crippen LogP contribution in [0, 0.1) is 23.0 Å². The highest BCUT2D eigenvalue weighted by Crippen LogP contribution is 2.29. The van der Waals surface area contributed by atoms with Crippen molar-refractivity contribution in [2.24, 2.45) is 11.3 Å². The third kappa shape index (κ3) is 4.90. The van der Waals surface area contributed by atoms with Crippen molar-refractivity contribution in [3.05, 3.63) is 35.4 Å². The molecule has 2 atom stereocenters. The first-order valence-electron chi connectivity index (χ1n) is 6.85. The van der Waals surface area contributed by atoms with Gasteiger partial charge in [-0.25, -0.2) is 8.78 Å². The first-order valence-corrected chi connectivity index (χ1v) is 6.85. The van der Waals surface area contributed by atoms with Crippen LogP contribution in [0.2, 0.25) is 0 Å². The molecule has 1 aromatic rings. The molecule has 108 valence electrons. The van der Waals surface area contributed by atoms with Crippen molar-refractivity contribution in [3.8, 4) is 0 Å². The van der Waals surface area contributed by atoms with Crippen LogP contribution in [0.25, 0.3) is 0 Å². The van der Waals surface area contributed by atoms with Gasteiger partial charge in [-0.15, -0.1) is 0 Å². The molecule has 1 rings (SSSR count). The monoisotopic (exact) mass is 269 g/mol. The van der Waals surface area contributed by atoms with Gasteiger partial charge < -0.3 is 5.32 Å². The van der Waals surface area contributed by atoms with Crippen molar-refractivity contribution >= 4 is 0 Å². The lowest BCUT2D eigenvalue weighted by molar-refractivity contribution is 0.224. The molecule has 0 radical (unpaired) electrons. The van der Waals surface area contributed by atoms with Gasteiger partial charge in [-0.2, -0.15) is 0 Å². The van der Waals surface area contributed by atoms with Crippen LogP contribution in [0.1, 0.15) is 39.7 Å². The molecule has 0 aromatic heterocycles. The molecule has 0 fully saturated rings. The van der Waals surface area contributed by atoms with Crippen LogP contribution in [0.15, 0.2) is 18.2 Å². The van der Waals surface area contributed by atoms with E-state index in [1.165, 1.54) is 12.1 Å². The van der Waals surface area contributed by atoms with Gasteiger partial charge in [0.05, 0.1) is 0 Å². The Balaban J connectivity index is 2.74. The predicted octanol–water partition coefficient (Wildman–Crippen LogP) is 4.17. The molecule has 0 amide bonds. The van der Waals surface area contributed by atoms with E-state index in [2.05, 4.69) is 33.0 Å². The van der Waals surface area contributed by atoms with Crippen LogP contribution < -0.4 is 5.32 Å². The lowest BCUT2D eigenvalue weighted by atomic mass is 9.78. The van der Waals surface area contributed by atoms with Crippen LogP contribution in [0.4, 0.5) is 8.78 Å². The van der Waals surface area contributed by atoms with E-state index >= 15 is 0 Å². The molecule has 0 aliphatic heterocycles. The maximum atomic E-state index is 13.6. The topological polar surface area (TPSA) is 12.0 Å². The Kier molecular flexibility index (Phi) is 5.48. The summed E-state index contributed by atoms with van der Waals surface area (Å²) in [5.74, 6) is -0.207. The zero-order valence-corrected chi connectivity index (χ0v) is 12.6. The van der Waals surface area contributed by atoms with Gasteiger partial charge in [0.15, 0.2) is 0 Å². The van der Waals surface area contributed by atoms with E-state index in [1.807, 2.05) is 7.05 Å². The molecule has 0 aliphatic carbocycles. The second kappa shape index (κ2) is 6.47. The molecule has 1 N–H and O–H groups in total. The van der Waals surface area contributed by atoms with E-state index < -0.39 is 0 Å².